The van der Waals surface area contributed by atoms with Gasteiger partial charge in [-0.3, -0.25) is 0 Å². The normalized spacial score (nSPS) is 20.4. The summed E-state index contributed by atoms with van der Waals surface area (Å²) in [5, 5.41) is 3.49. The fourth-order valence-electron chi connectivity index (χ4n) is 3.03. The lowest BCUT2D eigenvalue weighted by Gasteiger charge is -2.49. The molecule has 2 aliphatic carbocycles. The first-order valence-corrected chi connectivity index (χ1v) is 8.02. The van der Waals surface area contributed by atoms with Crippen LogP contribution in [0.25, 0.3) is 0 Å². The quantitative estimate of drug-likeness (QED) is 0.827. The van der Waals surface area contributed by atoms with Crippen LogP contribution in [-0.2, 0) is 6.54 Å². The zero-order valence-electron chi connectivity index (χ0n) is 13.5. The minimum Gasteiger partial charge on any atom is -0.342 e. The number of rotatable bonds is 7. The number of nitrogens with zero attached hydrogens (tertiary/aromatic N) is 4. The van der Waals surface area contributed by atoms with Gasteiger partial charge in [0.25, 0.3) is 0 Å². The van der Waals surface area contributed by atoms with Gasteiger partial charge in [-0.15, -0.1) is 0 Å². The van der Waals surface area contributed by atoms with Crippen LogP contribution in [0.4, 0.5) is 5.95 Å². The minimum atomic E-state index is 0.310. The topological polar surface area (TPSA) is 44.3 Å². The minimum absolute atomic E-state index is 0.310. The lowest BCUT2D eigenvalue weighted by atomic mass is 9.75. The first-order chi connectivity index (χ1) is 10.1. The highest BCUT2D eigenvalue weighted by molar-refractivity contribution is 5.30. The van der Waals surface area contributed by atoms with Gasteiger partial charge in [0.15, 0.2) is 0 Å². The third kappa shape index (κ3) is 3.35. The molecule has 2 fully saturated rings. The number of hydrogen-bond donors (Lipinski definition) is 1. The van der Waals surface area contributed by atoms with Crippen LogP contribution < -0.4 is 10.2 Å². The highest BCUT2D eigenvalue weighted by Crippen LogP contribution is 2.37. The van der Waals surface area contributed by atoms with Crippen LogP contribution in [0.15, 0.2) is 12.4 Å². The van der Waals surface area contributed by atoms with Crippen molar-refractivity contribution in [3.63, 3.8) is 0 Å². The molecule has 0 radical (unpaired) electrons. The second-order valence-corrected chi connectivity index (χ2v) is 6.87. The Kier molecular flexibility index (Phi) is 4.13. The predicted molar refractivity (Wildman–Crippen MR) is 85.4 cm³/mol. The highest BCUT2D eigenvalue weighted by Gasteiger charge is 2.40. The molecule has 2 saturated carbocycles. The van der Waals surface area contributed by atoms with E-state index >= 15 is 0 Å². The summed E-state index contributed by atoms with van der Waals surface area (Å²) in [6.07, 6.45) is 10.4. The molecule has 0 atom stereocenters. The first-order valence-electron chi connectivity index (χ1n) is 8.02. The Morgan fingerprint density at radius 1 is 1.19 bits per heavy atom. The average Bonchev–Trinajstić information content (AvgIpc) is 3.24. The number of aromatic nitrogens is 2. The predicted octanol–water partition coefficient (Wildman–Crippen LogP) is 1.65. The van der Waals surface area contributed by atoms with Gasteiger partial charge in [0.05, 0.1) is 0 Å². The molecule has 0 spiro atoms. The Balaban J connectivity index is 1.57. The lowest BCUT2D eigenvalue weighted by Crippen LogP contribution is -2.57. The monoisotopic (exact) mass is 289 g/mol. The van der Waals surface area contributed by atoms with Gasteiger partial charge >= 0.3 is 0 Å². The van der Waals surface area contributed by atoms with E-state index in [1.165, 1.54) is 37.7 Å². The van der Waals surface area contributed by atoms with Crippen LogP contribution in [-0.4, -0.2) is 54.1 Å². The van der Waals surface area contributed by atoms with E-state index < -0.39 is 0 Å². The summed E-state index contributed by atoms with van der Waals surface area (Å²) in [5.74, 6) is 0.832. The third-order valence-corrected chi connectivity index (χ3v) is 4.97. The maximum atomic E-state index is 4.54. The Hall–Kier alpha value is -1.20. The van der Waals surface area contributed by atoms with Crippen LogP contribution >= 0.6 is 0 Å². The molecule has 1 N–H and O–H groups in total. The SMILES string of the molecule is CN(CC1(N(C)C)CCC1)c1ncc(CNC2CC2)cn1. The largest absolute Gasteiger partial charge is 0.342 e. The van der Waals surface area contributed by atoms with Crippen LogP contribution in [0.1, 0.15) is 37.7 Å². The molecule has 0 unspecified atom stereocenters. The van der Waals surface area contributed by atoms with Gasteiger partial charge in [-0.2, -0.15) is 0 Å². The van der Waals surface area contributed by atoms with Crippen molar-refractivity contribution in [1.82, 2.24) is 20.2 Å². The van der Waals surface area contributed by atoms with E-state index in [1.54, 1.807) is 0 Å². The molecule has 0 amide bonds. The molecule has 21 heavy (non-hydrogen) atoms. The Morgan fingerprint density at radius 2 is 1.86 bits per heavy atom. The van der Waals surface area contributed by atoms with E-state index in [-0.39, 0.29) is 0 Å². The smallest absolute Gasteiger partial charge is 0.225 e. The van der Waals surface area contributed by atoms with Gasteiger partial charge in [-0.25, -0.2) is 9.97 Å². The van der Waals surface area contributed by atoms with E-state index in [4.69, 9.17) is 0 Å². The van der Waals surface area contributed by atoms with E-state index in [9.17, 15) is 0 Å². The Labute approximate surface area is 127 Å². The second kappa shape index (κ2) is 5.89. The number of anilines is 1. The average molecular weight is 289 g/mol. The van der Waals surface area contributed by atoms with Gasteiger partial charge in [0, 0.05) is 49.7 Å². The fourth-order valence-corrected chi connectivity index (χ4v) is 3.03. The summed E-state index contributed by atoms with van der Waals surface area (Å²) >= 11 is 0. The molecule has 1 aromatic heterocycles. The molecule has 5 nitrogen and oxygen atoms in total. The molecule has 116 valence electrons. The molecule has 5 heteroatoms. The van der Waals surface area contributed by atoms with Crippen LogP contribution in [0, 0.1) is 0 Å². The zero-order valence-corrected chi connectivity index (χ0v) is 13.5. The van der Waals surface area contributed by atoms with Gasteiger partial charge < -0.3 is 15.1 Å². The van der Waals surface area contributed by atoms with Crippen LogP contribution in [0.3, 0.4) is 0 Å². The van der Waals surface area contributed by atoms with Crippen molar-refractivity contribution in [2.45, 2.75) is 50.2 Å². The van der Waals surface area contributed by atoms with Crippen LogP contribution in [0.5, 0.6) is 0 Å². The molecule has 1 aromatic rings. The summed E-state index contributed by atoms with van der Waals surface area (Å²) in [5.41, 5.74) is 1.48. The number of likely N-dealkylation sites (N-methyl/N-ethyl adjacent to an activating group) is 2. The molecule has 3 rings (SSSR count). The zero-order chi connectivity index (χ0) is 14.9. The summed E-state index contributed by atoms with van der Waals surface area (Å²) in [6, 6.07) is 0.728. The second-order valence-electron chi connectivity index (χ2n) is 6.87. The maximum Gasteiger partial charge on any atom is 0.225 e. The molecule has 0 aliphatic heterocycles. The first kappa shape index (κ1) is 14.7. The van der Waals surface area contributed by atoms with Crippen molar-refractivity contribution in [2.24, 2.45) is 0 Å². The molecule has 0 bridgehead atoms. The van der Waals surface area contributed by atoms with Crippen molar-refractivity contribution in [2.75, 3.05) is 32.6 Å². The summed E-state index contributed by atoms with van der Waals surface area (Å²) in [4.78, 5) is 13.6. The van der Waals surface area contributed by atoms with Gasteiger partial charge in [-0.1, -0.05) is 0 Å². The Morgan fingerprint density at radius 3 is 2.33 bits per heavy atom. The van der Waals surface area contributed by atoms with Crippen molar-refractivity contribution < 1.29 is 0 Å². The standard InChI is InChI=1S/C16H27N5/c1-20(2)16(7-4-8-16)12-21(3)15-18-10-13(11-19-15)9-17-14-5-6-14/h10-11,14,17H,4-9,12H2,1-3H3. The van der Waals surface area contributed by atoms with E-state index in [2.05, 4.69) is 46.2 Å². The van der Waals surface area contributed by atoms with Crippen LogP contribution in [0.2, 0.25) is 0 Å². The summed E-state index contributed by atoms with van der Waals surface area (Å²) in [6.45, 7) is 1.88. The van der Waals surface area contributed by atoms with E-state index in [0.717, 1.165) is 25.1 Å². The van der Waals surface area contributed by atoms with Crippen molar-refractivity contribution in [3.05, 3.63) is 18.0 Å². The summed E-state index contributed by atoms with van der Waals surface area (Å²) in [7, 11) is 6.46. The van der Waals surface area contributed by atoms with Crippen molar-refractivity contribution >= 4 is 5.95 Å². The molecule has 1 heterocycles. The molecule has 2 aliphatic rings. The highest BCUT2D eigenvalue weighted by atomic mass is 15.3. The molecular weight excluding hydrogens is 262 g/mol. The van der Waals surface area contributed by atoms with Crippen molar-refractivity contribution in [1.29, 1.82) is 0 Å². The van der Waals surface area contributed by atoms with Gasteiger partial charge in [-0.05, 0) is 46.2 Å². The van der Waals surface area contributed by atoms with Gasteiger partial charge in [0.2, 0.25) is 5.95 Å². The van der Waals surface area contributed by atoms with Crippen molar-refractivity contribution in [3.8, 4) is 0 Å². The molecule has 0 aromatic carbocycles. The molecule has 0 saturated heterocycles. The maximum absolute atomic E-state index is 4.54. The van der Waals surface area contributed by atoms with E-state index in [0.29, 0.717) is 5.54 Å². The third-order valence-electron chi connectivity index (χ3n) is 4.97. The number of hydrogen-bond acceptors (Lipinski definition) is 5. The lowest BCUT2D eigenvalue weighted by molar-refractivity contribution is 0.0680. The Bertz CT molecular complexity index is 462. The summed E-state index contributed by atoms with van der Waals surface area (Å²) < 4.78 is 0. The van der Waals surface area contributed by atoms with Gasteiger partial charge in [0.1, 0.15) is 0 Å². The number of nitrogens with one attached hydrogen (secondary N) is 1. The molecular formula is C16H27N5. The fraction of sp³-hybridized carbons (Fsp3) is 0.750. The van der Waals surface area contributed by atoms with E-state index in [1.807, 2.05) is 12.4 Å².